The summed E-state index contributed by atoms with van der Waals surface area (Å²) in [6.45, 7) is 4.68. The van der Waals surface area contributed by atoms with Crippen molar-refractivity contribution in [1.82, 2.24) is 4.90 Å². The Morgan fingerprint density at radius 1 is 1.43 bits per heavy atom. The molecule has 4 heteroatoms. The molecule has 0 N–H and O–H groups in total. The van der Waals surface area contributed by atoms with E-state index in [2.05, 4.69) is 4.74 Å². The highest BCUT2D eigenvalue weighted by atomic mass is 16.5. The highest BCUT2D eigenvalue weighted by Crippen LogP contribution is 2.19. The third kappa shape index (κ3) is 2.25. The molecule has 0 bridgehead atoms. The normalized spacial score (nSPS) is 21.0. The Morgan fingerprint density at radius 2 is 2.14 bits per heavy atom. The van der Waals surface area contributed by atoms with Crippen molar-refractivity contribution in [3.05, 3.63) is 0 Å². The number of hydrogen-bond donors (Lipinski definition) is 0. The molecule has 1 heterocycles. The fraction of sp³-hybridized carbons (Fsp3) is 0.800. The third-order valence-corrected chi connectivity index (χ3v) is 2.56. The van der Waals surface area contributed by atoms with E-state index in [4.69, 9.17) is 0 Å². The predicted molar refractivity (Wildman–Crippen MR) is 51.7 cm³/mol. The number of carbonyl (C=O) groups is 2. The Labute approximate surface area is 84.2 Å². The molecule has 14 heavy (non-hydrogen) atoms. The van der Waals surface area contributed by atoms with Crippen molar-refractivity contribution in [3.63, 3.8) is 0 Å². The number of amides is 1. The van der Waals surface area contributed by atoms with Gasteiger partial charge in [0.25, 0.3) is 0 Å². The third-order valence-electron chi connectivity index (χ3n) is 2.56. The Morgan fingerprint density at radius 3 is 2.71 bits per heavy atom. The minimum Gasteiger partial charge on any atom is -0.459 e. The lowest BCUT2D eigenvalue weighted by molar-refractivity contribution is -0.160. The molecule has 0 radical (unpaired) electrons. The first-order chi connectivity index (χ1) is 6.70. The van der Waals surface area contributed by atoms with Crippen LogP contribution in [0.5, 0.6) is 0 Å². The quantitative estimate of drug-likeness (QED) is 0.491. The number of rotatable bonds is 2. The summed E-state index contributed by atoms with van der Waals surface area (Å²) in [6.07, 6.45) is 2.90. The van der Waals surface area contributed by atoms with E-state index in [1.165, 1.54) is 0 Å². The zero-order valence-corrected chi connectivity index (χ0v) is 8.78. The van der Waals surface area contributed by atoms with Gasteiger partial charge in [-0.2, -0.15) is 0 Å². The fourth-order valence-corrected chi connectivity index (χ4v) is 1.84. The minimum absolute atomic E-state index is 0.229. The molecule has 0 unspecified atom stereocenters. The van der Waals surface area contributed by atoms with E-state index in [9.17, 15) is 9.59 Å². The van der Waals surface area contributed by atoms with Crippen LogP contribution in [-0.2, 0) is 14.3 Å². The number of hydrogen-bond acceptors (Lipinski definition) is 3. The van der Waals surface area contributed by atoms with Crippen LogP contribution in [0.25, 0.3) is 0 Å². The maximum atomic E-state index is 11.6. The van der Waals surface area contributed by atoms with Crippen LogP contribution in [0.15, 0.2) is 0 Å². The lowest BCUT2D eigenvalue weighted by Gasteiger charge is -2.22. The predicted octanol–water partition coefficient (Wildman–Crippen LogP) is 0.950. The van der Waals surface area contributed by atoms with E-state index >= 15 is 0 Å². The zero-order valence-electron chi connectivity index (χ0n) is 8.78. The monoisotopic (exact) mass is 199 g/mol. The van der Waals surface area contributed by atoms with Gasteiger partial charge in [-0.15, -0.1) is 0 Å². The first kappa shape index (κ1) is 11.0. The van der Waals surface area contributed by atoms with Crippen molar-refractivity contribution >= 4 is 11.9 Å². The molecule has 1 atom stereocenters. The van der Waals surface area contributed by atoms with Gasteiger partial charge in [-0.1, -0.05) is 6.92 Å². The van der Waals surface area contributed by atoms with Gasteiger partial charge >= 0.3 is 11.9 Å². The summed E-state index contributed by atoms with van der Waals surface area (Å²) in [5.74, 6) is -1.19. The molecule has 0 saturated carbocycles. The van der Waals surface area contributed by atoms with E-state index in [1.54, 1.807) is 11.8 Å². The molecule has 4 nitrogen and oxygen atoms in total. The van der Waals surface area contributed by atoms with Crippen molar-refractivity contribution < 1.29 is 14.3 Å². The SMILES string of the molecule is CCOC(=O)C(=O)N1CCC[C@H]1CC. The molecule has 0 aromatic carbocycles. The zero-order chi connectivity index (χ0) is 10.6. The van der Waals surface area contributed by atoms with Gasteiger partial charge in [0.05, 0.1) is 6.61 Å². The maximum Gasteiger partial charge on any atom is 0.397 e. The van der Waals surface area contributed by atoms with Gasteiger partial charge in [0.1, 0.15) is 0 Å². The lowest BCUT2D eigenvalue weighted by atomic mass is 10.2. The Balaban J connectivity index is 2.55. The van der Waals surface area contributed by atoms with Crippen LogP contribution in [0.1, 0.15) is 33.1 Å². The van der Waals surface area contributed by atoms with Gasteiger partial charge in [-0.3, -0.25) is 4.79 Å². The average Bonchev–Trinajstić information content (AvgIpc) is 2.64. The number of ether oxygens (including phenoxy) is 1. The van der Waals surface area contributed by atoms with Crippen LogP contribution in [0.4, 0.5) is 0 Å². The summed E-state index contributed by atoms with van der Waals surface area (Å²) in [4.78, 5) is 24.4. The smallest absolute Gasteiger partial charge is 0.397 e. The van der Waals surface area contributed by atoms with Gasteiger partial charge in [0, 0.05) is 12.6 Å². The second-order valence-electron chi connectivity index (χ2n) is 3.42. The number of carbonyl (C=O) groups excluding carboxylic acids is 2. The molecule has 1 amide bonds. The lowest BCUT2D eigenvalue weighted by Crippen LogP contribution is -2.40. The van der Waals surface area contributed by atoms with E-state index in [0.29, 0.717) is 6.54 Å². The molecule has 0 spiro atoms. The molecule has 1 aliphatic heterocycles. The van der Waals surface area contributed by atoms with Crippen LogP contribution in [0, 0.1) is 0 Å². The fourth-order valence-electron chi connectivity index (χ4n) is 1.84. The van der Waals surface area contributed by atoms with Crippen molar-refractivity contribution in [2.75, 3.05) is 13.2 Å². The number of esters is 1. The highest BCUT2D eigenvalue weighted by Gasteiger charge is 2.31. The van der Waals surface area contributed by atoms with Gasteiger partial charge in [-0.05, 0) is 26.2 Å². The topological polar surface area (TPSA) is 46.6 Å². The van der Waals surface area contributed by atoms with E-state index in [0.717, 1.165) is 19.3 Å². The molecule has 0 aromatic rings. The van der Waals surface area contributed by atoms with Crippen molar-refractivity contribution in [2.24, 2.45) is 0 Å². The largest absolute Gasteiger partial charge is 0.459 e. The van der Waals surface area contributed by atoms with Gasteiger partial charge in [0.2, 0.25) is 0 Å². The standard InChI is InChI=1S/C10H17NO3/c1-3-8-6-5-7-11(8)9(12)10(13)14-4-2/h8H,3-7H2,1-2H3/t8-/m1/s1. The van der Waals surface area contributed by atoms with Crippen molar-refractivity contribution in [3.8, 4) is 0 Å². The van der Waals surface area contributed by atoms with Gasteiger partial charge in [0.15, 0.2) is 0 Å². The number of likely N-dealkylation sites (tertiary alicyclic amines) is 1. The summed E-state index contributed by atoms with van der Waals surface area (Å²) in [7, 11) is 0. The minimum atomic E-state index is -0.715. The van der Waals surface area contributed by atoms with E-state index in [-0.39, 0.29) is 12.6 Å². The molecule has 0 aliphatic carbocycles. The molecule has 1 fully saturated rings. The van der Waals surface area contributed by atoms with Gasteiger partial charge in [-0.25, -0.2) is 4.79 Å². The molecule has 1 aliphatic rings. The molecular weight excluding hydrogens is 182 g/mol. The first-order valence-corrected chi connectivity index (χ1v) is 5.18. The van der Waals surface area contributed by atoms with E-state index in [1.807, 2.05) is 6.92 Å². The van der Waals surface area contributed by atoms with Crippen LogP contribution in [0.2, 0.25) is 0 Å². The van der Waals surface area contributed by atoms with Gasteiger partial charge < -0.3 is 9.64 Å². The molecular formula is C10H17NO3. The second-order valence-corrected chi connectivity index (χ2v) is 3.42. The van der Waals surface area contributed by atoms with Crippen LogP contribution < -0.4 is 0 Å². The molecule has 80 valence electrons. The average molecular weight is 199 g/mol. The summed E-state index contributed by atoms with van der Waals surface area (Å²) in [5.41, 5.74) is 0. The van der Waals surface area contributed by atoms with Crippen LogP contribution in [0.3, 0.4) is 0 Å². The maximum absolute atomic E-state index is 11.6. The Kier molecular flexibility index (Phi) is 3.92. The Bertz CT molecular complexity index is 227. The Hall–Kier alpha value is -1.06. The van der Waals surface area contributed by atoms with Crippen LogP contribution >= 0.6 is 0 Å². The van der Waals surface area contributed by atoms with Crippen LogP contribution in [-0.4, -0.2) is 36.0 Å². The van der Waals surface area contributed by atoms with E-state index < -0.39 is 11.9 Å². The second kappa shape index (κ2) is 4.98. The summed E-state index contributed by atoms with van der Waals surface area (Å²) >= 11 is 0. The first-order valence-electron chi connectivity index (χ1n) is 5.18. The summed E-state index contributed by atoms with van der Waals surface area (Å²) in [5, 5.41) is 0. The summed E-state index contributed by atoms with van der Waals surface area (Å²) < 4.78 is 4.68. The summed E-state index contributed by atoms with van der Waals surface area (Å²) in [6, 6.07) is 0.229. The molecule has 1 saturated heterocycles. The van der Waals surface area contributed by atoms with Crippen molar-refractivity contribution in [1.29, 1.82) is 0 Å². The highest BCUT2D eigenvalue weighted by molar-refractivity contribution is 6.32. The number of nitrogens with zero attached hydrogens (tertiary/aromatic N) is 1. The molecule has 1 rings (SSSR count). The molecule has 0 aromatic heterocycles. The van der Waals surface area contributed by atoms with Crippen molar-refractivity contribution in [2.45, 2.75) is 39.2 Å².